The number of hydrogen-bond donors (Lipinski definition) is 1. The summed E-state index contributed by atoms with van der Waals surface area (Å²) in [6.45, 7) is 1.91. The third kappa shape index (κ3) is 6.15. The van der Waals surface area contributed by atoms with Crippen molar-refractivity contribution in [1.29, 1.82) is 0 Å². The monoisotopic (exact) mass is 466 g/mol. The summed E-state index contributed by atoms with van der Waals surface area (Å²) in [5, 5.41) is 2.62. The highest BCUT2D eigenvalue weighted by Gasteiger charge is 2.24. The van der Waals surface area contributed by atoms with Gasteiger partial charge in [0.15, 0.2) is 0 Å². The molecule has 1 unspecified atom stereocenters. The quantitative estimate of drug-likeness (QED) is 0.294. The maximum atomic E-state index is 13.5. The Balaban J connectivity index is 1.46. The summed E-state index contributed by atoms with van der Waals surface area (Å²) >= 11 is 1.47. The number of nitrogens with one attached hydrogen (secondary N) is 1. The second kappa shape index (κ2) is 11.3. The highest BCUT2D eigenvalue weighted by molar-refractivity contribution is 8.00. The number of thioether (sulfide) groups is 1. The Morgan fingerprint density at radius 3 is 1.91 bits per heavy atom. The predicted octanol–water partition coefficient (Wildman–Crippen LogP) is 6.71. The van der Waals surface area contributed by atoms with Crippen molar-refractivity contribution in [2.45, 2.75) is 23.5 Å². The first-order valence-corrected chi connectivity index (χ1v) is 12.0. The van der Waals surface area contributed by atoms with Crippen molar-refractivity contribution in [3.63, 3.8) is 0 Å². The van der Waals surface area contributed by atoms with Crippen molar-refractivity contribution in [2.75, 3.05) is 10.2 Å². The Labute approximate surface area is 204 Å². The average Bonchev–Trinajstić information content (AvgIpc) is 2.86. The molecule has 0 aromatic heterocycles. The first-order chi connectivity index (χ1) is 16.6. The molecule has 0 saturated carbocycles. The van der Waals surface area contributed by atoms with Crippen molar-refractivity contribution in [2.24, 2.45) is 0 Å². The minimum atomic E-state index is -0.337. The van der Waals surface area contributed by atoms with E-state index in [0.717, 1.165) is 21.8 Å². The molecule has 170 valence electrons. The maximum absolute atomic E-state index is 13.5. The van der Waals surface area contributed by atoms with Crippen molar-refractivity contribution >= 4 is 40.6 Å². The van der Waals surface area contributed by atoms with Gasteiger partial charge in [-0.25, -0.2) is 0 Å². The molecule has 0 aliphatic carbocycles. The number of nitrogens with zero attached hydrogens (tertiary/aromatic N) is 1. The van der Waals surface area contributed by atoms with Crippen LogP contribution in [0.15, 0.2) is 120 Å². The molecule has 34 heavy (non-hydrogen) atoms. The van der Waals surface area contributed by atoms with Crippen LogP contribution in [0.1, 0.15) is 12.5 Å². The first-order valence-electron chi connectivity index (χ1n) is 11.1. The number of rotatable bonds is 8. The topological polar surface area (TPSA) is 49.4 Å². The standard InChI is InChI=1S/C29H26N2O2S/c1-22(29(33)31(25-15-7-3-8-16-25)26-17-9-4-10-18-26)34-27-19-11-14-24(21-27)30-28(32)20-23-12-5-2-6-13-23/h2-19,21-22H,20H2,1H3,(H,30,32). The van der Waals surface area contributed by atoms with Crippen LogP contribution in [0.4, 0.5) is 17.1 Å². The summed E-state index contributed by atoms with van der Waals surface area (Å²) in [7, 11) is 0. The van der Waals surface area contributed by atoms with E-state index in [4.69, 9.17) is 0 Å². The van der Waals surface area contributed by atoms with Crippen molar-refractivity contribution in [3.05, 3.63) is 121 Å². The molecule has 0 aliphatic heterocycles. The number of para-hydroxylation sites is 2. The molecule has 4 rings (SSSR count). The number of hydrogen-bond acceptors (Lipinski definition) is 3. The van der Waals surface area contributed by atoms with Gasteiger partial charge in [0.1, 0.15) is 0 Å². The molecule has 0 aliphatic rings. The lowest BCUT2D eigenvalue weighted by Gasteiger charge is -2.26. The Bertz CT molecular complexity index is 1190. The minimum Gasteiger partial charge on any atom is -0.326 e. The van der Waals surface area contributed by atoms with Gasteiger partial charge in [-0.05, 0) is 55.0 Å². The lowest BCUT2D eigenvalue weighted by atomic mass is 10.1. The van der Waals surface area contributed by atoms with Crippen LogP contribution in [-0.4, -0.2) is 17.1 Å². The fourth-order valence-corrected chi connectivity index (χ4v) is 4.59. The molecule has 1 N–H and O–H groups in total. The molecule has 2 amide bonds. The summed E-state index contributed by atoms with van der Waals surface area (Å²) in [5.74, 6) is -0.0854. The highest BCUT2D eigenvalue weighted by Crippen LogP contribution is 2.32. The number of carbonyl (C=O) groups is 2. The van der Waals surface area contributed by atoms with E-state index < -0.39 is 0 Å². The highest BCUT2D eigenvalue weighted by atomic mass is 32.2. The van der Waals surface area contributed by atoms with Crippen molar-refractivity contribution in [3.8, 4) is 0 Å². The summed E-state index contributed by atoms with van der Waals surface area (Å²) < 4.78 is 0. The molecule has 4 aromatic carbocycles. The van der Waals surface area contributed by atoms with E-state index in [9.17, 15) is 9.59 Å². The van der Waals surface area contributed by atoms with Crippen LogP contribution >= 0.6 is 11.8 Å². The predicted molar refractivity (Wildman–Crippen MR) is 141 cm³/mol. The molecule has 1 atom stereocenters. The van der Waals surface area contributed by atoms with Crippen LogP contribution in [0.5, 0.6) is 0 Å². The minimum absolute atomic E-state index is 0.0130. The van der Waals surface area contributed by atoms with E-state index >= 15 is 0 Å². The Kier molecular flexibility index (Phi) is 7.79. The third-order valence-electron chi connectivity index (χ3n) is 5.24. The molecule has 4 aromatic rings. The van der Waals surface area contributed by atoms with Crippen LogP contribution in [0.25, 0.3) is 0 Å². The van der Waals surface area contributed by atoms with Crippen LogP contribution in [-0.2, 0) is 16.0 Å². The normalized spacial score (nSPS) is 11.4. The molecule has 0 radical (unpaired) electrons. The summed E-state index contributed by atoms with van der Waals surface area (Å²) in [4.78, 5) is 28.7. The fourth-order valence-electron chi connectivity index (χ4n) is 3.63. The van der Waals surface area contributed by atoms with E-state index in [2.05, 4.69) is 5.32 Å². The summed E-state index contributed by atoms with van der Waals surface area (Å²) in [6.07, 6.45) is 0.316. The van der Waals surface area contributed by atoms with E-state index in [1.54, 1.807) is 4.90 Å². The molecular weight excluding hydrogens is 440 g/mol. The molecule has 0 spiro atoms. The zero-order chi connectivity index (χ0) is 23.8. The van der Waals surface area contributed by atoms with Crippen LogP contribution in [0.3, 0.4) is 0 Å². The number of anilines is 3. The molecule has 0 saturated heterocycles. The van der Waals surface area contributed by atoms with Gasteiger partial charge in [-0.1, -0.05) is 72.8 Å². The van der Waals surface area contributed by atoms with Gasteiger partial charge in [0, 0.05) is 22.0 Å². The lowest BCUT2D eigenvalue weighted by molar-refractivity contribution is -0.117. The van der Waals surface area contributed by atoms with Gasteiger partial charge < -0.3 is 5.32 Å². The van der Waals surface area contributed by atoms with Gasteiger partial charge in [0.25, 0.3) is 0 Å². The smallest absolute Gasteiger partial charge is 0.244 e. The summed E-state index contributed by atoms with van der Waals surface area (Å²) in [5.41, 5.74) is 3.33. The number of benzene rings is 4. The van der Waals surface area contributed by atoms with E-state index in [-0.39, 0.29) is 17.1 Å². The van der Waals surface area contributed by atoms with Crippen molar-refractivity contribution in [1.82, 2.24) is 0 Å². The van der Waals surface area contributed by atoms with Gasteiger partial charge in [0.05, 0.1) is 11.7 Å². The van der Waals surface area contributed by atoms with E-state index in [0.29, 0.717) is 12.1 Å². The van der Waals surface area contributed by atoms with Gasteiger partial charge in [-0.3, -0.25) is 14.5 Å². The van der Waals surface area contributed by atoms with E-state index in [1.165, 1.54) is 11.8 Å². The zero-order valence-electron chi connectivity index (χ0n) is 18.9. The van der Waals surface area contributed by atoms with Gasteiger partial charge in [-0.2, -0.15) is 0 Å². The molecule has 0 bridgehead atoms. The van der Waals surface area contributed by atoms with Gasteiger partial charge in [-0.15, -0.1) is 11.8 Å². The second-order valence-electron chi connectivity index (χ2n) is 7.84. The first kappa shape index (κ1) is 23.3. The van der Waals surface area contributed by atoms with Crippen LogP contribution < -0.4 is 10.2 Å². The van der Waals surface area contributed by atoms with Crippen LogP contribution in [0, 0.1) is 0 Å². The molecule has 5 heteroatoms. The fraction of sp³-hybridized carbons (Fsp3) is 0.103. The second-order valence-corrected chi connectivity index (χ2v) is 9.26. The van der Waals surface area contributed by atoms with Gasteiger partial charge in [0.2, 0.25) is 11.8 Å². The SMILES string of the molecule is CC(Sc1cccc(NC(=O)Cc2ccccc2)c1)C(=O)N(c1ccccc1)c1ccccc1. The lowest BCUT2D eigenvalue weighted by Crippen LogP contribution is -2.32. The number of carbonyl (C=O) groups excluding carboxylic acids is 2. The molecule has 0 heterocycles. The summed E-state index contributed by atoms with van der Waals surface area (Å²) in [6, 6.07) is 36.6. The Morgan fingerprint density at radius 2 is 1.32 bits per heavy atom. The Hall–Kier alpha value is -3.83. The van der Waals surface area contributed by atoms with E-state index in [1.807, 2.05) is 122 Å². The van der Waals surface area contributed by atoms with Gasteiger partial charge >= 0.3 is 0 Å². The Morgan fingerprint density at radius 1 is 0.765 bits per heavy atom. The van der Waals surface area contributed by atoms with Crippen molar-refractivity contribution < 1.29 is 9.59 Å². The maximum Gasteiger partial charge on any atom is 0.244 e. The average molecular weight is 467 g/mol. The zero-order valence-corrected chi connectivity index (χ0v) is 19.7. The molecule has 4 nitrogen and oxygen atoms in total. The third-order valence-corrected chi connectivity index (χ3v) is 6.32. The molecule has 0 fully saturated rings. The van der Waals surface area contributed by atoms with Crippen LogP contribution in [0.2, 0.25) is 0 Å². The molecular formula is C29H26N2O2S. The largest absolute Gasteiger partial charge is 0.326 e. The number of amides is 2.